The number of benzene rings is 1. The zero-order valence-corrected chi connectivity index (χ0v) is 15.7. The Bertz CT molecular complexity index is 966. The number of pyridine rings is 1. The number of aryl methyl sites for hydroxylation is 1. The number of carbonyl (C=O) groups excluding carboxylic acids is 1. The molecule has 0 spiro atoms. The Morgan fingerprint density at radius 3 is 2.81 bits per heavy atom. The third kappa shape index (κ3) is 2.86. The van der Waals surface area contributed by atoms with Gasteiger partial charge in [-0.05, 0) is 51.1 Å². The number of hydrogen-bond acceptors (Lipinski definition) is 5. The second-order valence-electron chi connectivity index (χ2n) is 6.47. The van der Waals surface area contributed by atoms with Gasteiger partial charge in [0.15, 0.2) is 6.61 Å². The number of nitrogens with zero attached hydrogens (tertiary/aromatic N) is 3. The molecule has 1 amide bonds. The van der Waals surface area contributed by atoms with Crippen LogP contribution in [0.3, 0.4) is 0 Å². The fraction of sp³-hybridized carbons (Fsp3) is 0.250. The Morgan fingerprint density at radius 2 is 2.08 bits per heavy atom. The number of amides is 1. The molecule has 0 atom stereocenters. The second kappa shape index (κ2) is 6.53. The summed E-state index contributed by atoms with van der Waals surface area (Å²) in [4.78, 5) is 24.4. The molecule has 3 heterocycles. The number of fused-ring (bicyclic) bond motifs is 1. The first kappa shape index (κ1) is 16.7. The minimum Gasteiger partial charge on any atom is -0.482 e. The van der Waals surface area contributed by atoms with E-state index in [9.17, 15) is 4.79 Å². The summed E-state index contributed by atoms with van der Waals surface area (Å²) >= 11 is 1.62. The number of ether oxygens (including phenoxy) is 1. The minimum atomic E-state index is -0.0196. The van der Waals surface area contributed by atoms with Crippen molar-refractivity contribution in [3.63, 3.8) is 0 Å². The Hall–Kier alpha value is -2.73. The molecule has 3 aromatic rings. The molecule has 6 heteroatoms. The molecule has 0 aliphatic carbocycles. The number of thiazole rings is 1. The van der Waals surface area contributed by atoms with Gasteiger partial charge in [0.1, 0.15) is 10.8 Å². The first-order chi connectivity index (χ1) is 12.5. The van der Waals surface area contributed by atoms with E-state index in [0.717, 1.165) is 38.3 Å². The van der Waals surface area contributed by atoms with Gasteiger partial charge in [-0.15, -0.1) is 11.3 Å². The van der Waals surface area contributed by atoms with Gasteiger partial charge in [-0.1, -0.05) is 6.07 Å². The maximum atomic E-state index is 12.3. The molecule has 1 aliphatic rings. The van der Waals surface area contributed by atoms with Gasteiger partial charge in [-0.25, -0.2) is 4.98 Å². The molecule has 0 unspecified atom stereocenters. The normalized spacial score (nSPS) is 13.7. The lowest BCUT2D eigenvalue weighted by molar-refractivity contribution is -0.121. The van der Waals surface area contributed by atoms with E-state index in [1.54, 1.807) is 22.4 Å². The van der Waals surface area contributed by atoms with Crippen LogP contribution in [0.2, 0.25) is 0 Å². The zero-order valence-electron chi connectivity index (χ0n) is 14.9. The number of aromatic nitrogens is 2. The van der Waals surface area contributed by atoms with Gasteiger partial charge in [0.05, 0.1) is 17.1 Å². The van der Waals surface area contributed by atoms with Gasteiger partial charge in [0.25, 0.3) is 5.91 Å². The van der Waals surface area contributed by atoms with E-state index in [-0.39, 0.29) is 18.6 Å². The minimum absolute atomic E-state index is 0.0196. The molecule has 1 aromatic carbocycles. The van der Waals surface area contributed by atoms with Crippen molar-refractivity contribution in [2.24, 2.45) is 0 Å². The Kier molecular flexibility index (Phi) is 4.20. The lowest BCUT2D eigenvalue weighted by atomic mass is 10.1. The van der Waals surface area contributed by atoms with Gasteiger partial charge in [0.2, 0.25) is 0 Å². The van der Waals surface area contributed by atoms with Crippen molar-refractivity contribution < 1.29 is 9.53 Å². The first-order valence-corrected chi connectivity index (χ1v) is 9.34. The van der Waals surface area contributed by atoms with Crippen LogP contribution in [0.25, 0.3) is 22.0 Å². The van der Waals surface area contributed by atoms with Crippen LogP contribution in [0.1, 0.15) is 18.7 Å². The first-order valence-electron chi connectivity index (χ1n) is 8.52. The number of carbonyl (C=O) groups is 1. The third-order valence-electron chi connectivity index (χ3n) is 4.31. The quantitative estimate of drug-likeness (QED) is 0.694. The van der Waals surface area contributed by atoms with Crippen LogP contribution in [-0.4, -0.2) is 28.5 Å². The van der Waals surface area contributed by atoms with E-state index >= 15 is 0 Å². The Morgan fingerprint density at radius 1 is 1.23 bits per heavy atom. The van der Waals surface area contributed by atoms with Crippen LogP contribution < -0.4 is 9.64 Å². The fourth-order valence-corrected chi connectivity index (χ4v) is 4.06. The van der Waals surface area contributed by atoms with Crippen molar-refractivity contribution in [3.8, 4) is 27.7 Å². The number of rotatable bonds is 3. The molecule has 0 N–H and O–H groups in total. The maximum Gasteiger partial charge on any atom is 0.265 e. The van der Waals surface area contributed by atoms with Crippen molar-refractivity contribution in [1.29, 1.82) is 0 Å². The van der Waals surface area contributed by atoms with Crippen LogP contribution in [0, 0.1) is 6.92 Å². The van der Waals surface area contributed by atoms with Crippen LogP contribution in [-0.2, 0) is 4.79 Å². The molecular weight excluding hydrogens is 346 g/mol. The average molecular weight is 365 g/mol. The highest BCUT2D eigenvalue weighted by atomic mass is 32.1. The number of hydrogen-bond donors (Lipinski definition) is 0. The molecule has 1 aliphatic heterocycles. The smallest absolute Gasteiger partial charge is 0.265 e. The second-order valence-corrected chi connectivity index (χ2v) is 7.67. The summed E-state index contributed by atoms with van der Waals surface area (Å²) < 4.78 is 5.59. The molecule has 4 rings (SSSR count). The van der Waals surface area contributed by atoms with Gasteiger partial charge < -0.3 is 9.64 Å². The van der Waals surface area contributed by atoms with E-state index in [4.69, 9.17) is 9.72 Å². The van der Waals surface area contributed by atoms with Crippen LogP contribution >= 0.6 is 11.3 Å². The molecule has 0 saturated carbocycles. The zero-order chi connectivity index (χ0) is 18.3. The Labute approximate surface area is 156 Å². The van der Waals surface area contributed by atoms with Crippen molar-refractivity contribution in [2.75, 3.05) is 11.5 Å². The van der Waals surface area contributed by atoms with E-state index < -0.39 is 0 Å². The van der Waals surface area contributed by atoms with Crippen molar-refractivity contribution in [3.05, 3.63) is 47.5 Å². The van der Waals surface area contributed by atoms with Crippen LogP contribution in [0.5, 0.6) is 5.75 Å². The van der Waals surface area contributed by atoms with Crippen LogP contribution in [0.15, 0.2) is 42.6 Å². The summed E-state index contributed by atoms with van der Waals surface area (Å²) in [6, 6.07) is 11.8. The topological polar surface area (TPSA) is 55.3 Å². The van der Waals surface area contributed by atoms with Gasteiger partial charge in [-0.3, -0.25) is 9.78 Å². The SMILES string of the molecule is Cc1sc(-c2ccccn2)nc1-c1ccc2c(c1)N(C(C)C)C(=O)CO2. The lowest BCUT2D eigenvalue weighted by Crippen LogP contribution is -2.43. The lowest BCUT2D eigenvalue weighted by Gasteiger charge is -2.32. The highest BCUT2D eigenvalue weighted by Gasteiger charge is 2.28. The van der Waals surface area contributed by atoms with Gasteiger partial charge in [-0.2, -0.15) is 0 Å². The molecule has 2 aromatic heterocycles. The van der Waals surface area contributed by atoms with Gasteiger partial charge >= 0.3 is 0 Å². The summed E-state index contributed by atoms with van der Waals surface area (Å²) in [6.45, 7) is 6.16. The van der Waals surface area contributed by atoms with E-state index in [1.807, 2.05) is 50.2 Å². The molecule has 132 valence electrons. The molecule has 0 fully saturated rings. The molecule has 26 heavy (non-hydrogen) atoms. The third-order valence-corrected chi connectivity index (χ3v) is 5.30. The molecular formula is C20H19N3O2S. The standard InChI is InChI=1S/C20H19N3O2S/c1-12(2)23-16-10-14(7-8-17(16)25-11-18(23)24)19-13(3)26-20(22-19)15-6-4-5-9-21-15/h4-10,12H,11H2,1-3H3. The molecule has 0 bridgehead atoms. The highest BCUT2D eigenvalue weighted by Crippen LogP contribution is 2.39. The summed E-state index contributed by atoms with van der Waals surface area (Å²) in [5.41, 5.74) is 3.57. The summed E-state index contributed by atoms with van der Waals surface area (Å²) in [7, 11) is 0. The largest absolute Gasteiger partial charge is 0.482 e. The molecule has 5 nitrogen and oxygen atoms in total. The van der Waals surface area contributed by atoms with Crippen LogP contribution in [0.4, 0.5) is 5.69 Å². The fourth-order valence-electron chi connectivity index (χ4n) is 3.15. The average Bonchev–Trinajstić information content (AvgIpc) is 3.03. The van der Waals surface area contributed by atoms with Crippen molar-refractivity contribution in [1.82, 2.24) is 9.97 Å². The van der Waals surface area contributed by atoms with E-state index in [2.05, 4.69) is 11.9 Å². The van der Waals surface area contributed by atoms with E-state index in [1.165, 1.54) is 0 Å². The monoisotopic (exact) mass is 365 g/mol. The molecule has 0 saturated heterocycles. The predicted molar refractivity (Wildman–Crippen MR) is 104 cm³/mol. The maximum absolute atomic E-state index is 12.3. The van der Waals surface area contributed by atoms with Crippen molar-refractivity contribution >= 4 is 22.9 Å². The summed E-state index contributed by atoms with van der Waals surface area (Å²) in [5.74, 6) is 0.716. The van der Waals surface area contributed by atoms with E-state index in [0.29, 0.717) is 0 Å². The van der Waals surface area contributed by atoms with Crippen molar-refractivity contribution in [2.45, 2.75) is 26.8 Å². The summed E-state index contributed by atoms with van der Waals surface area (Å²) in [5, 5.41) is 0.892. The number of anilines is 1. The van der Waals surface area contributed by atoms with Gasteiger partial charge in [0, 0.05) is 22.7 Å². The molecule has 0 radical (unpaired) electrons. The summed E-state index contributed by atoms with van der Waals surface area (Å²) in [6.07, 6.45) is 1.77. The highest BCUT2D eigenvalue weighted by molar-refractivity contribution is 7.15. The Balaban J connectivity index is 1.78. The predicted octanol–water partition coefficient (Wildman–Crippen LogP) is 4.31.